The molecule has 2 aromatic carbocycles. The number of carbonyl (C=O) groups excluding carboxylic acids is 1. The maximum Gasteiger partial charge on any atom is 0.270 e. The van der Waals surface area contributed by atoms with Crippen molar-refractivity contribution < 1.29 is 9.72 Å². The molecule has 2 rings (SSSR count). The second kappa shape index (κ2) is 6.86. The first kappa shape index (κ1) is 15.7. The number of hydrogen-bond donors (Lipinski definition) is 1. The van der Waals surface area contributed by atoms with Gasteiger partial charge in [-0.25, -0.2) is 0 Å². The van der Waals surface area contributed by atoms with Crippen molar-refractivity contribution in [2.24, 2.45) is 0 Å². The van der Waals surface area contributed by atoms with Crippen LogP contribution in [0.3, 0.4) is 0 Å². The van der Waals surface area contributed by atoms with Crippen LogP contribution in [-0.2, 0) is 6.54 Å². The minimum absolute atomic E-state index is 0.113. The second-order valence-electron chi connectivity index (χ2n) is 4.20. The number of hydrogen-bond acceptors (Lipinski definition) is 3. The molecule has 0 saturated carbocycles. The van der Waals surface area contributed by atoms with Gasteiger partial charge in [-0.3, -0.25) is 14.9 Å². The Kier molecular flexibility index (Phi) is 5.13. The Labute approximate surface area is 139 Å². The number of amides is 1. The van der Waals surface area contributed by atoms with Gasteiger partial charge in [-0.2, -0.15) is 0 Å². The Morgan fingerprint density at radius 2 is 2.00 bits per heavy atom. The SMILES string of the molecule is O=C(NCc1ccccc1Cl)c1cc([N+](=O)[O-])ccc1I. The summed E-state index contributed by atoms with van der Waals surface area (Å²) in [6.45, 7) is 0.261. The molecule has 21 heavy (non-hydrogen) atoms. The summed E-state index contributed by atoms with van der Waals surface area (Å²) < 4.78 is 0.648. The van der Waals surface area contributed by atoms with Crippen molar-refractivity contribution in [2.45, 2.75) is 6.54 Å². The molecule has 2 aromatic rings. The fourth-order valence-corrected chi connectivity index (χ4v) is 2.50. The summed E-state index contributed by atoms with van der Waals surface area (Å²) in [7, 11) is 0. The molecular formula is C14H10ClIN2O3. The largest absolute Gasteiger partial charge is 0.348 e. The summed E-state index contributed by atoms with van der Waals surface area (Å²) in [5.41, 5.74) is 0.947. The van der Waals surface area contributed by atoms with Crippen LogP contribution in [0.5, 0.6) is 0 Å². The molecule has 7 heteroatoms. The number of carbonyl (C=O) groups is 1. The zero-order valence-electron chi connectivity index (χ0n) is 10.7. The van der Waals surface area contributed by atoms with Crippen LogP contribution in [0.4, 0.5) is 5.69 Å². The Morgan fingerprint density at radius 1 is 1.29 bits per heavy atom. The highest BCUT2D eigenvalue weighted by molar-refractivity contribution is 14.1. The van der Waals surface area contributed by atoms with Gasteiger partial charge in [0, 0.05) is 27.3 Å². The third-order valence-electron chi connectivity index (χ3n) is 2.80. The van der Waals surface area contributed by atoms with E-state index < -0.39 is 4.92 Å². The van der Waals surface area contributed by atoms with E-state index >= 15 is 0 Å². The van der Waals surface area contributed by atoms with Crippen LogP contribution in [-0.4, -0.2) is 10.8 Å². The number of rotatable bonds is 4. The van der Waals surface area contributed by atoms with E-state index in [0.717, 1.165) is 5.56 Å². The number of benzene rings is 2. The summed E-state index contributed by atoms with van der Waals surface area (Å²) in [5, 5.41) is 14.0. The van der Waals surface area contributed by atoms with Crippen LogP contribution in [0.25, 0.3) is 0 Å². The molecule has 108 valence electrons. The molecule has 1 amide bonds. The molecule has 0 radical (unpaired) electrons. The molecule has 0 aliphatic heterocycles. The molecular weight excluding hydrogens is 407 g/mol. The third-order valence-corrected chi connectivity index (χ3v) is 4.11. The fraction of sp³-hybridized carbons (Fsp3) is 0.0714. The first-order chi connectivity index (χ1) is 9.99. The van der Waals surface area contributed by atoms with E-state index in [-0.39, 0.29) is 23.7 Å². The molecule has 0 atom stereocenters. The van der Waals surface area contributed by atoms with Gasteiger partial charge < -0.3 is 5.32 Å². The highest BCUT2D eigenvalue weighted by Crippen LogP contribution is 2.20. The van der Waals surface area contributed by atoms with Crippen molar-refractivity contribution in [3.63, 3.8) is 0 Å². The molecule has 0 aliphatic carbocycles. The van der Waals surface area contributed by atoms with Gasteiger partial charge in [0.1, 0.15) is 0 Å². The van der Waals surface area contributed by atoms with Crippen LogP contribution in [0.15, 0.2) is 42.5 Å². The predicted octanol–water partition coefficient (Wildman–Crippen LogP) is 3.78. The lowest BCUT2D eigenvalue weighted by molar-refractivity contribution is -0.384. The Balaban J connectivity index is 2.15. The average Bonchev–Trinajstić information content (AvgIpc) is 2.46. The van der Waals surface area contributed by atoms with Crippen molar-refractivity contribution >= 4 is 45.8 Å². The number of nitrogens with one attached hydrogen (secondary N) is 1. The van der Waals surface area contributed by atoms with Gasteiger partial charge >= 0.3 is 0 Å². The van der Waals surface area contributed by atoms with E-state index in [1.165, 1.54) is 12.1 Å². The van der Waals surface area contributed by atoms with E-state index in [2.05, 4.69) is 5.32 Å². The van der Waals surface area contributed by atoms with Crippen molar-refractivity contribution in [1.82, 2.24) is 5.32 Å². The summed E-state index contributed by atoms with van der Waals surface area (Å²) in [6.07, 6.45) is 0. The summed E-state index contributed by atoms with van der Waals surface area (Å²) in [4.78, 5) is 22.4. The number of nitro groups is 1. The van der Waals surface area contributed by atoms with Crippen LogP contribution in [0, 0.1) is 13.7 Å². The second-order valence-corrected chi connectivity index (χ2v) is 5.76. The van der Waals surface area contributed by atoms with E-state index in [1.807, 2.05) is 28.7 Å². The molecule has 0 heterocycles. The molecule has 0 saturated heterocycles. The summed E-state index contributed by atoms with van der Waals surface area (Å²) in [5.74, 6) is -0.372. The smallest absolute Gasteiger partial charge is 0.270 e. The van der Waals surface area contributed by atoms with Crippen LogP contribution >= 0.6 is 34.2 Å². The average molecular weight is 417 g/mol. The maximum atomic E-state index is 12.1. The zero-order valence-corrected chi connectivity index (χ0v) is 13.6. The minimum atomic E-state index is -0.527. The van der Waals surface area contributed by atoms with Gasteiger partial charge in [0.2, 0.25) is 0 Å². The summed E-state index contributed by atoms with van der Waals surface area (Å²) in [6, 6.07) is 11.3. The Hall–Kier alpha value is -1.67. The molecule has 0 aromatic heterocycles. The van der Waals surface area contributed by atoms with Gasteiger partial charge in [-0.15, -0.1) is 0 Å². The molecule has 0 fully saturated rings. The fourth-order valence-electron chi connectivity index (χ4n) is 1.71. The first-order valence-electron chi connectivity index (χ1n) is 5.94. The van der Waals surface area contributed by atoms with E-state index in [1.54, 1.807) is 24.3 Å². The Bertz CT molecular complexity index is 706. The third kappa shape index (κ3) is 3.92. The molecule has 5 nitrogen and oxygen atoms in total. The van der Waals surface area contributed by atoms with E-state index in [0.29, 0.717) is 8.59 Å². The quantitative estimate of drug-likeness (QED) is 0.468. The molecule has 0 bridgehead atoms. The highest BCUT2D eigenvalue weighted by atomic mass is 127. The molecule has 1 N–H and O–H groups in total. The monoisotopic (exact) mass is 416 g/mol. The lowest BCUT2D eigenvalue weighted by Gasteiger charge is -2.08. The van der Waals surface area contributed by atoms with Crippen molar-refractivity contribution in [1.29, 1.82) is 0 Å². The molecule has 0 spiro atoms. The zero-order chi connectivity index (χ0) is 15.4. The van der Waals surface area contributed by atoms with Crippen molar-refractivity contribution in [3.8, 4) is 0 Å². The number of halogens is 2. The minimum Gasteiger partial charge on any atom is -0.348 e. The van der Waals surface area contributed by atoms with Crippen molar-refractivity contribution in [2.75, 3.05) is 0 Å². The van der Waals surface area contributed by atoms with Gasteiger partial charge in [0.15, 0.2) is 0 Å². The van der Waals surface area contributed by atoms with Crippen molar-refractivity contribution in [3.05, 3.63) is 72.3 Å². The lowest BCUT2D eigenvalue weighted by Crippen LogP contribution is -2.24. The highest BCUT2D eigenvalue weighted by Gasteiger charge is 2.15. The maximum absolute atomic E-state index is 12.1. The lowest BCUT2D eigenvalue weighted by atomic mass is 10.1. The van der Waals surface area contributed by atoms with Crippen LogP contribution in [0.1, 0.15) is 15.9 Å². The van der Waals surface area contributed by atoms with Gasteiger partial charge in [-0.1, -0.05) is 29.8 Å². The number of nitrogens with zero attached hydrogens (tertiary/aromatic N) is 1. The summed E-state index contributed by atoms with van der Waals surface area (Å²) >= 11 is 7.98. The molecule has 0 aliphatic rings. The number of nitro benzene ring substituents is 1. The van der Waals surface area contributed by atoms with Gasteiger partial charge in [0.05, 0.1) is 10.5 Å². The standard InChI is InChI=1S/C14H10ClIN2O3/c15-12-4-2-1-3-9(12)8-17-14(19)11-7-10(18(20)21)5-6-13(11)16/h1-7H,8H2,(H,17,19). The van der Waals surface area contributed by atoms with Gasteiger partial charge in [-0.05, 0) is 40.3 Å². The first-order valence-corrected chi connectivity index (χ1v) is 7.40. The molecule has 0 unspecified atom stereocenters. The van der Waals surface area contributed by atoms with Gasteiger partial charge in [0.25, 0.3) is 11.6 Å². The Morgan fingerprint density at radius 3 is 2.67 bits per heavy atom. The number of non-ortho nitro benzene ring substituents is 1. The van der Waals surface area contributed by atoms with E-state index in [4.69, 9.17) is 11.6 Å². The topological polar surface area (TPSA) is 72.2 Å². The van der Waals surface area contributed by atoms with Crippen LogP contribution < -0.4 is 5.32 Å². The normalized spacial score (nSPS) is 10.2. The van der Waals surface area contributed by atoms with Crippen LogP contribution in [0.2, 0.25) is 5.02 Å². The van der Waals surface area contributed by atoms with E-state index in [9.17, 15) is 14.9 Å². The predicted molar refractivity (Wildman–Crippen MR) is 88.4 cm³/mol.